The van der Waals surface area contributed by atoms with Crippen LogP contribution in [-0.4, -0.2) is 24.1 Å². The molecular weight excluding hydrogens is 284 g/mol. The van der Waals surface area contributed by atoms with Crippen LogP contribution in [0.3, 0.4) is 0 Å². The third-order valence-electron chi connectivity index (χ3n) is 3.60. The lowest BCUT2D eigenvalue weighted by Crippen LogP contribution is -2.28. The molecule has 1 N–H and O–H groups in total. The summed E-state index contributed by atoms with van der Waals surface area (Å²) in [5.41, 5.74) is 2.22. The summed E-state index contributed by atoms with van der Waals surface area (Å²) in [4.78, 5) is 16.6. The number of amides is 1. The summed E-state index contributed by atoms with van der Waals surface area (Å²) in [6, 6.07) is 10.2. The molecule has 3 rings (SSSR count). The Labute approximate surface area is 128 Å². The Morgan fingerprint density at radius 2 is 2.05 bits per heavy atom. The Morgan fingerprint density at radius 1 is 1.29 bits per heavy atom. The summed E-state index contributed by atoms with van der Waals surface area (Å²) in [6.45, 7) is 1.35. The lowest BCUT2D eigenvalue weighted by Gasteiger charge is -2.20. The highest BCUT2D eigenvalue weighted by Gasteiger charge is 2.22. The quantitative estimate of drug-likeness (QED) is 0.944. The van der Waals surface area contributed by atoms with Crippen molar-refractivity contribution < 1.29 is 9.53 Å². The smallest absolute Gasteiger partial charge is 0.229 e. The van der Waals surface area contributed by atoms with Gasteiger partial charge in [0, 0.05) is 30.9 Å². The normalized spacial score (nSPS) is 15.8. The molecule has 0 aliphatic carbocycles. The summed E-state index contributed by atoms with van der Waals surface area (Å²) in [5.74, 6) is 0.124. The molecule has 5 heteroatoms. The van der Waals surface area contributed by atoms with E-state index in [-0.39, 0.29) is 11.8 Å². The second kappa shape index (κ2) is 6.83. The zero-order valence-electron chi connectivity index (χ0n) is 11.7. The van der Waals surface area contributed by atoms with Gasteiger partial charge in [-0.15, -0.1) is 11.3 Å². The molecule has 110 valence electrons. The van der Waals surface area contributed by atoms with Crippen LogP contribution < -0.4 is 5.32 Å². The predicted octanol–water partition coefficient (Wildman–Crippen LogP) is 3.10. The van der Waals surface area contributed by atoms with Gasteiger partial charge in [-0.3, -0.25) is 4.79 Å². The number of carbonyl (C=O) groups is 1. The van der Waals surface area contributed by atoms with Gasteiger partial charge in [-0.05, 0) is 18.4 Å². The second-order valence-electron chi connectivity index (χ2n) is 5.18. The largest absolute Gasteiger partial charge is 0.381 e. The zero-order valence-corrected chi connectivity index (χ0v) is 12.6. The zero-order chi connectivity index (χ0) is 14.5. The summed E-state index contributed by atoms with van der Waals surface area (Å²) in [6.07, 6.45) is 2.40. The van der Waals surface area contributed by atoms with Crippen LogP contribution in [0.15, 0.2) is 35.7 Å². The second-order valence-corrected chi connectivity index (χ2v) is 6.04. The number of carbonyl (C=O) groups excluding carboxylic acids is 1. The molecule has 1 fully saturated rings. The van der Waals surface area contributed by atoms with Crippen molar-refractivity contribution >= 4 is 22.4 Å². The highest BCUT2D eigenvalue weighted by Crippen LogP contribution is 2.21. The minimum atomic E-state index is 0.0558. The van der Waals surface area contributed by atoms with Crippen LogP contribution in [0.25, 0.3) is 0 Å². The van der Waals surface area contributed by atoms with Crippen LogP contribution in [0.1, 0.15) is 24.1 Å². The Balaban J connectivity index is 1.58. The van der Waals surface area contributed by atoms with Crippen molar-refractivity contribution in [1.29, 1.82) is 0 Å². The van der Waals surface area contributed by atoms with E-state index in [1.165, 1.54) is 16.9 Å². The van der Waals surface area contributed by atoms with Crippen molar-refractivity contribution in [3.8, 4) is 0 Å². The molecule has 1 aliphatic rings. The highest BCUT2D eigenvalue weighted by molar-refractivity contribution is 7.13. The Bertz CT molecular complexity index is 591. The summed E-state index contributed by atoms with van der Waals surface area (Å²) in [5, 5.41) is 5.63. The lowest BCUT2D eigenvalue weighted by molar-refractivity contribution is -0.122. The maximum absolute atomic E-state index is 12.1. The van der Waals surface area contributed by atoms with E-state index in [2.05, 4.69) is 22.4 Å². The first-order chi connectivity index (χ1) is 10.3. The Kier molecular flexibility index (Phi) is 4.62. The van der Waals surface area contributed by atoms with Gasteiger partial charge < -0.3 is 10.1 Å². The van der Waals surface area contributed by atoms with Crippen LogP contribution >= 0.6 is 11.3 Å². The maximum atomic E-state index is 12.1. The fourth-order valence-electron chi connectivity index (χ4n) is 2.42. The first-order valence-corrected chi connectivity index (χ1v) is 8.06. The van der Waals surface area contributed by atoms with Gasteiger partial charge in [-0.25, -0.2) is 4.98 Å². The van der Waals surface area contributed by atoms with Crippen LogP contribution in [0.5, 0.6) is 0 Å². The van der Waals surface area contributed by atoms with Crippen molar-refractivity contribution in [1.82, 2.24) is 4.98 Å². The number of aromatic nitrogens is 1. The number of nitrogens with one attached hydrogen (secondary N) is 1. The lowest BCUT2D eigenvalue weighted by atomic mass is 10.00. The van der Waals surface area contributed by atoms with Crippen LogP contribution in [0.2, 0.25) is 0 Å². The third-order valence-corrected chi connectivity index (χ3v) is 4.41. The first-order valence-electron chi connectivity index (χ1n) is 7.18. The fraction of sp³-hybridized carbons (Fsp3) is 0.375. The summed E-state index contributed by atoms with van der Waals surface area (Å²) >= 11 is 1.49. The van der Waals surface area contributed by atoms with Gasteiger partial charge in [0.2, 0.25) is 5.91 Å². The predicted molar refractivity (Wildman–Crippen MR) is 83.5 cm³/mol. The number of benzene rings is 1. The van der Waals surface area contributed by atoms with E-state index in [1.807, 2.05) is 23.6 Å². The van der Waals surface area contributed by atoms with E-state index in [1.54, 1.807) is 0 Å². The van der Waals surface area contributed by atoms with Crippen molar-refractivity contribution in [2.24, 2.45) is 5.92 Å². The van der Waals surface area contributed by atoms with E-state index >= 15 is 0 Å². The highest BCUT2D eigenvalue weighted by atomic mass is 32.1. The van der Waals surface area contributed by atoms with E-state index in [9.17, 15) is 4.79 Å². The Morgan fingerprint density at radius 3 is 2.81 bits per heavy atom. The average Bonchev–Trinajstić information content (AvgIpc) is 2.96. The summed E-state index contributed by atoms with van der Waals surface area (Å²) < 4.78 is 5.28. The first kappa shape index (κ1) is 14.2. The molecule has 0 bridgehead atoms. The molecule has 0 spiro atoms. The molecule has 2 heterocycles. The van der Waals surface area contributed by atoms with Crippen LogP contribution in [0, 0.1) is 5.92 Å². The number of ether oxygens (including phenoxy) is 1. The van der Waals surface area contributed by atoms with Crippen molar-refractivity contribution in [3.05, 3.63) is 47.0 Å². The number of nitrogens with zero attached hydrogens (tertiary/aromatic N) is 1. The van der Waals surface area contributed by atoms with Crippen LogP contribution in [-0.2, 0) is 16.0 Å². The molecule has 0 atom stereocenters. The standard InChI is InChI=1S/C16H18N2O2S/c19-15(13-6-8-20-9-7-13)18-16-17-14(11-21-16)10-12-4-2-1-3-5-12/h1-5,11,13H,6-10H2,(H,17,18,19). The fourth-order valence-corrected chi connectivity index (χ4v) is 3.13. The van der Waals surface area contributed by atoms with E-state index in [4.69, 9.17) is 4.74 Å². The molecule has 1 amide bonds. The molecular formula is C16H18N2O2S. The molecule has 1 saturated heterocycles. The monoisotopic (exact) mass is 302 g/mol. The minimum Gasteiger partial charge on any atom is -0.381 e. The minimum absolute atomic E-state index is 0.0558. The average molecular weight is 302 g/mol. The molecule has 21 heavy (non-hydrogen) atoms. The van der Waals surface area contributed by atoms with Crippen molar-refractivity contribution in [2.75, 3.05) is 18.5 Å². The maximum Gasteiger partial charge on any atom is 0.229 e. The van der Waals surface area contributed by atoms with Gasteiger partial charge in [0.15, 0.2) is 5.13 Å². The molecule has 2 aromatic rings. The van der Waals surface area contributed by atoms with Gasteiger partial charge >= 0.3 is 0 Å². The van der Waals surface area contributed by atoms with Gasteiger partial charge in [-0.1, -0.05) is 30.3 Å². The van der Waals surface area contributed by atoms with Crippen molar-refractivity contribution in [3.63, 3.8) is 0 Å². The van der Waals surface area contributed by atoms with Crippen molar-refractivity contribution in [2.45, 2.75) is 19.3 Å². The SMILES string of the molecule is O=C(Nc1nc(Cc2ccccc2)cs1)C1CCOCC1. The number of rotatable bonds is 4. The Hall–Kier alpha value is -1.72. The third kappa shape index (κ3) is 3.89. The van der Waals surface area contributed by atoms with Gasteiger partial charge in [0.05, 0.1) is 5.69 Å². The molecule has 4 nitrogen and oxygen atoms in total. The molecule has 1 aromatic carbocycles. The van der Waals surface area contributed by atoms with Crippen LogP contribution in [0.4, 0.5) is 5.13 Å². The number of thiazole rings is 1. The molecule has 0 unspecified atom stereocenters. The van der Waals surface area contributed by atoms with E-state index in [0.29, 0.717) is 18.3 Å². The molecule has 0 saturated carbocycles. The van der Waals surface area contributed by atoms with Gasteiger partial charge in [0.25, 0.3) is 0 Å². The molecule has 1 aromatic heterocycles. The van der Waals surface area contributed by atoms with E-state index < -0.39 is 0 Å². The summed E-state index contributed by atoms with van der Waals surface area (Å²) in [7, 11) is 0. The number of hydrogen-bond acceptors (Lipinski definition) is 4. The topological polar surface area (TPSA) is 51.2 Å². The van der Waals surface area contributed by atoms with E-state index in [0.717, 1.165) is 25.0 Å². The molecule has 1 aliphatic heterocycles. The number of hydrogen-bond donors (Lipinski definition) is 1. The number of anilines is 1. The van der Waals surface area contributed by atoms with Gasteiger partial charge in [-0.2, -0.15) is 0 Å². The van der Waals surface area contributed by atoms with Gasteiger partial charge in [0.1, 0.15) is 0 Å². The molecule has 0 radical (unpaired) electrons.